The summed E-state index contributed by atoms with van der Waals surface area (Å²) in [5.74, 6) is 0. The molecule has 1 aromatic carbocycles. The molecule has 0 aliphatic rings. The molecule has 0 fully saturated rings. The molecular weight excluding hydrogens is 264 g/mol. The van der Waals surface area contributed by atoms with Gasteiger partial charge in [0, 0.05) is 29.3 Å². The van der Waals surface area contributed by atoms with Crippen molar-refractivity contribution in [3.05, 3.63) is 28.2 Å². The van der Waals surface area contributed by atoms with Gasteiger partial charge in [-0.3, -0.25) is 0 Å². The molecule has 0 heterocycles. The molecule has 1 rings (SSSR count). The average Bonchev–Trinajstić information content (AvgIpc) is 2.17. The molecule has 0 aromatic heterocycles. The number of benzene rings is 1. The normalized spacial score (nSPS) is 11.6. The van der Waals surface area contributed by atoms with Crippen molar-refractivity contribution in [3.8, 4) is 0 Å². The molecule has 0 unspecified atom stereocenters. The van der Waals surface area contributed by atoms with Crippen LogP contribution in [-0.2, 0) is 0 Å². The van der Waals surface area contributed by atoms with E-state index >= 15 is 0 Å². The monoisotopic (exact) mass is 284 g/mol. The Morgan fingerprint density at radius 2 is 2.00 bits per heavy atom. The molecule has 16 heavy (non-hydrogen) atoms. The van der Waals surface area contributed by atoms with E-state index in [1.54, 1.807) is 0 Å². The van der Waals surface area contributed by atoms with Crippen LogP contribution < -0.4 is 10.6 Å². The zero-order valence-electron chi connectivity index (χ0n) is 10.5. The Hall–Kier alpha value is -0.540. The molecule has 2 nitrogen and oxygen atoms in total. The number of hydrogen-bond donors (Lipinski definition) is 1. The van der Waals surface area contributed by atoms with E-state index in [9.17, 15) is 0 Å². The number of anilines is 1. The molecule has 0 saturated carbocycles. The molecule has 0 bridgehead atoms. The first-order valence-electron chi connectivity index (χ1n) is 5.56. The summed E-state index contributed by atoms with van der Waals surface area (Å²) in [5.41, 5.74) is 8.38. The minimum atomic E-state index is -0.0985. The highest BCUT2D eigenvalue weighted by Gasteiger charge is 2.12. The maximum absolute atomic E-state index is 5.98. The van der Waals surface area contributed by atoms with Gasteiger partial charge in [0.1, 0.15) is 0 Å². The standard InChI is InChI=1S/C13H21BrN2/c1-10-9-11(5-6-12(10)14)16(4)8-7-13(2,3)15/h5-6,9H,7-8,15H2,1-4H3. The molecule has 0 radical (unpaired) electrons. The molecule has 90 valence electrons. The summed E-state index contributed by atoms with van der Waals surface area (Å²) in [5, 5.41) is 0. The third-order valence-corrected chi connectivity index (χ3v) is 3.56. The van der Waals surface area contributed by atoms with E-state index < -0.39 is 0 Å². The highest BCUT2D eigenvalue weighted by molar-refractivity contribution is 9.10. The highest BCUT2D eigenvalue weighted by atomic mass is 79.9. The average molecular weight is 285 g/mol. The second-order valence-electron chi connectivity index (χ2n) is 5.09. The van der Waals surface area contributed by atoms with Gasteiger partial charge in [-0.2, -0.15) is 0 Å². The van der Waals surface area contributed by atoms with Crippen LogP contribution in [0.1, 0.15) is 25.8 Å². The van der Waals surface area contributed by atoms with Gasteiger partial charge in [-0.05, 0) is 51.0 Å². The van der Waals surface area contributed by atoms with Crippen LogP contribution in [0.3, 0.4) is 0 Å². The van der Waals surface area contributed by atoms with Crippen molar-refractivity contribution in [3.63, 3.8) is 0 Å². The molecule has 3 heteroatoms. The summed E-state index contributed by atoms with van der Waals surface area (Å²) in [7, 11) is 2.11. The number of nitrogens with zero attached hydrogens (tertiary/aromatic N) is 1. The SMILES string of the molecule is Cc1cc(N(C)CCC(C)(C)N)ccc1Br. The van der Waals surface area contributed by atoms with Crippen LogP contribution in [-0.4, -0.2) is 19.1 Å². The Morgan fingerprint density at radius 1 is 1.38 bits per heavy atom. The van der Waals surface area contributed by atoms with E-state index in [0.29, 0.717) is 0 Å². The van der Waals surface area contributed by atoms with E-state index in [1.165, 1.54) is 11.3 Å². The molecule has 0 aliphatic heterocycles. The van der Waals surface area contributed by atoms with Crippen LogP contribution in [0.5, 0.6) is 0 Å². The van der Waals surface area contributed by atoms with Gasteiger partial charge in [-0.1, -0.05) is 15.9 Å². The number of aryl methyl sites for hydroxylation is 1. The van der Waals surface area contributed by atoms with Crippen molar-refractivity contribution in [1.29, 1.82) is 0 Å². The molecule has 0 aliphatic carbocycles. The Labute approximate surface area is 107 Å². The fraction of sp³-hybridized carbons (Fsp3) is 0.538. The van der Waals surface area contributed by atoms with Crippen molar-refractivity contribution in [2.24, 2.45) is 5.73 Å². The Bertz CT molecular complexity index is 355. The number of hydrogen-bond acceptors (Lipinski definition) is 2. The lowest BCUT2D eigenvalue weighted by molar-refractivity contribution is 0.479. The van der Waals surface area contributed by atoms with Crippen molar-refractivity contribution in [2.75, 3.05) is 18.5 Å². The van der Waals surface area contributed by atoms with Gasteiger partial charge < -0.3 is 10.6 Å². The van der Waals surface area contributed by atoms with Crippen LogP contribution in [0.15, 0.2) is 22.7 Å². The molecule has 0 amide bonds. The molecule has 2 N–H and O–H groups in total. The molecule has 1 aromatic rings. The van der Waals surface area contributed by atoms with E-state index in [1.807, 2.05) is 0 Å². The van der Waals surface area contributed by atoms with Crippen LogP contribution >= 0.6 is 15.9 Å². The maximum Gasteiger partial charge on any atom is 0.0367 e. The number of rotatable bonds is 4. The van der Waals surface area contributed by atoms with Crippen molar-refractivity contribution in [2.45, 2.75) is 32.7 Å². The van der Waals surface area contributed by atoms with Crippen LogP contribution in [0.25, 0.3) is 0 Å². The summed E-state index contributed by atoms with van der Waals surface area (Å²) in [6, 6.07) is 6.41. The molecule has 0 spiro atoms. The van der Waals surface area contributed by atoms with Gasteiger partial charge in [-0.15, -0.1) is 0 Å². The van der Waals surface area contributed by atoms with Gasteiger partial charge in [0.15, 0.2) is 0 Å². The summed E-state index contributed by atoms with van der Waals surface area (Å²) < 4.78 is 1.16. The first-order chi connectivity index (χ1) is 7.29. The lowest BCUT2D eigenvalue weighted by atomic mass is 10.0. The van der Waals surface area contributed by atoms with Gasteiger partial charge in [0.05, 0.1) is 0 Å². The van der Waals surface area contributed by atoms with Gasteiger partial charge in [-0.25, -0.2) is 0 Å². The van der Waals surface area contributed by atoms with Gasteiger partial charge in [0.25, 0.3) is 0 Å². The Morgan fingerprint density at radius 3 is 2.50 bits per heavy atom. The fourth-order valence-corrected chi connectivity index (χ4v) is 1.70. The summed E-state index contributed by atoms with van der Waals surface area (Å²) in [6.45, 7) is 7.21. The number of nitrogens with two attached hydrogens (primary N) is 1. The van der Waals surface area contributed by atoms with E-state index in [4.69, 9.17) is 5.73 Å². The third-order valence-electron chi connectivity index (χ3n) is 2.67. The molecule has 0 saturated heterocycles. The minimum absolute atomic E-state index is 0.0985. The summed E-state index contributed by atoms with van der Waals surface area (Å²) in [6.07, 6.45) is 0.985. The number of halogens is 1. The zero-order chi connectivity index (χ0) is 12.3. The summed E-state index contributed by atoms with van der Waals surface area (Å²) >= 11 is 3.51. The van der Waals surface area contributed by atoms with Crippen molar-refractivity contribution >= 4 is 21.6 Å². The van der Waals surface area contributed by atoms with Crippen LogP contribution in [0, 0.1) is 6.92 Å². The molecule has 0 atom stereocenters. The van der Waals surface area contributed by atoms with E-state index in [-0.39, 0.29) is 5.54 Å². The predicted octanol–water partition coefficient (Wildman–Crippen LogP) is 3.32. The summed E-state index contributed by atoms with van der Waals surface area (Å²) in [4.78, 5) is 2.24. The van der Waals surface area contributed by atoms with E-state index in [2.05, 4.69) is 66.8 Å². The first kappa shape index (κ1) is 13.5. The zero-order valence-corrected chi connectivity index (χ0v) is 12.1. The maximum atomic E-state index is 5.98. The first-order valence-corrected chi connectivity index (χ1v) is 6.35. The van der Waals surface area contributed by atoms with Gasteiger partial charge in [0.2, 0.25) is 0 Å². The minimum Gasteiger partial charge on any atom is -0.375 e. The van der Waals surface area contributed by atoms with Crippen molar-refractivity contribution in [1.82, 2.24) is 0 Å². The fourth-order valence-electron chi connectivity index (χ4n) is 1.45. The second-order valence-corrected chi connectivity index (χ2v) is 5.95. The predicted molar refractivity (Wildman–Crippen MR) is 75.0 cm³/mol. The lowest BCUT2D eigenvalue weighted by Gasteiger charge is -2.25. The second kappa shape index (κ2) is 5.19. The Kier molecular flexibility index (Phi) is 4.39. The third kappa shape index (κ3) is 4.14. The van der Waals surface area contributed by atoms with Gasteiger partial charge >= 0.3 is 0 Å². The van der Waals surface area contributed by atoms with Crippen molar-refractivity contribution < 1.29 is 0 Å². The smallest absolute Gasteiger partial charge is 0.0367 e. The highest BCUT2D eigenvalue weighted by Crippen LogP contribution is 2.22. The van der Waals surface area contributed by atoms with E-state index in [0.717, 1.165) is 17.4 Å². The van der Waals surface area contributed by atoms with Crippen LogP contribution in [0.2, 0.25) is 0 Å². The van der Waals surface area contributed by atoms with Crippen LogP contribution in [0.4, 0.5) is 5.69 Å². The quantitative estimate of drug-likeness (QED) is 0.919. The molecular formula is C13H21BrN2. The Balaban J connectivity index is 2.66. The topological polar surface area (TPSA) is 29.3 Å². The lowest BCUT2D eigenvalue weighted by Crippen LogP contribution is -2.36. The largest absolute Gasteiger partial charge is 0.375 e.